The molecule has 2 unspecified atom stereocenters. The maximum atomic E-state index is 13.7. The van der Waals surface area contributed by atoms with Gasteiger partial charge in [-0.1, -0.05) is 17.7 Å². The van der Waals surface area contributed by atoms with Crippen molar-refractivity contribution in [1.29, 1.82) is 0 Å². The van der Waals surface area contributed by atoms with E-state index in [4.69, 9.17) is 16.3 Å². The molecule has 0 aliphatic carbocycles. The average molecular weight is 492 g/mol. The SMILES string of the molecule is O=C(O)C1=C(CN2C3CNC(=O)C2COC3)NC(c2nccs2)=N[C@H]1c1ccc(F)cc1Cl. The Morgan fingerprint density at radius 2 is 2.24 bits per heavy atom. The van der Waals surface area contributed by atoms with Gasteiger partial charge < -0.3 is 20.5 Å². The van der Waals surface area contributed by atoms with Gasteiger partial charge in [-0.25, -0.2) is 14.2 Å². The number of nitrogens with one attached hydrogen (secondary N) is 2. The van der Waals surface area contributed by atoms with Gasteiger partial charge in [0.2, 0.25) is 5.91 Å². The molecule has 33 heavy (non-hydrogen) atoms. The van der Waals surface area contributed by atoms with Crippen molar-refractivity contribution in [2.75, 3.05) is 26.3 Å². The summed E-state index contributed by atoms with van der Waals surface area (Å²) in [5.74, 6) is -1.49. The molecule has 0 radical (unpaired) electrons. The molecule has 1 aromatic heterocycles. The number of rotatable bonds is 5. The number of carbonyl (C=O) groups excluding carboxylic acids is 1. The zero-order chi connectivity index (χ0) is 23.1. The third-order valence-electron chi connectivity index (χ3n) is 5.86. The number of carbonyl (C=O) groups is 2. The summed E-state index contributed by atoms with van der Waals surface area (Å²) < 4.78 is 19.3. The summed E-state index contributed by atoms with van der Waals surface area (Å²) in [4.78, 5) is 35.7. The van der Waals surface area contributed by atoms with Crippen LogP contribution in [-0.4, -0.2) is 71.1 Å². The van der Waals surface area contributed by atoms with E-state index in [2.05, 4.69) is 20.6 Å². The van der Waals surface area contributed by atoms with Crippen LogP contribution >= 0.6 is 22.9 Å². The number of fused-ring (bicyclic) bond motifs is 2. The minimum atomic E-state index is -1.19. The fraction of sp³-hybridized carbons (Fsp3) is 0.333. The highest BCUT2D eigenvalue weighted by Gasteiger charge is 2.42. The van der Waals surface area contributed by atoms with Crippen molar-refractivity contribution in [3.8, 4) is 0 Å². The molecule has 2 fully saturated rings. The summed E-state index contributed by atoms with van der Waals surface area (Å²) in [6, 6.07) is 2.18. The molecule has 3 aliphatic rings. The average Bonchev–Trinajstić information content (AvgIpc) is 3.31. The molecule has 2 aromatic rings. The highest BCUT2D eigenvalue weighted by Crippen LogP contribution is 2.36. The van der Waals surface area contributed by atoms with E-state index in [0.29, 0.717) is 35.3 Å². The van der Waals surface area contributed by atoms with Crippen molar-refractivity contribution >= 4 is 40.6 Å². The number of carboxylic acid groups (broad SMARTS) is 1. The molecule has 3 N–H and O–H groups in total. The molecule has 5 rings (SSSR count). The number of hydrogen-bond acceptors (Lipinski definition) is 8. The lowest BCUT2D eigenvalue weighted by Crippen LogP contribution is -2.67. The number of benzene rings is 1. The van der Waals surface area contributed by atoms with Crippen LogP contribution in [0.2, 0.25) is 5.02 Å². The van der Waals surface area contributed by atoms with Gasteiger partial charge in [0.25, 0.3) is 0 Å². The Kier molecular flexibility index (Phi) is 5.87. The maximum absolute atomic E-state index is 13.7. The van der Waals surface area contributed by atoms with Crippen LogP contribution in [-0.2, 0) is 14.3 Å². The summed E-state index contributed by atoms with van der Waals surface area (Å²) in [6.07, 6.45) is 1.62. The van der Waals surface area contributed by atoms with Crippen molar-refractivity contribution in [1.82, 2.24) is 20.5 Å². The number of thiazole rings is 1. The first-order chi connectivity index (χ1) is 15.9. The normalized spacial score (nSPS) is 25.3. The number of piperazine rings is 1. The Balaban J connectivity index is 1.60. The molecule has 0 spiro atoms. The van der Waals surface area contributed by atoms with Gasteiger partial charge >= 0.3 is 5.97 Å². The molecule has 12 heteroatoms. The van der Waals surface area contributed by atoms with Crippen molar-refractivity contribution in [2.24, 2.45) is 4.99 Å². The summed E-state index contributed by atoms with van der Waals surface area (Å²) >= 11 is 7.65. The number of aromatic nitrogens is 1. The van der Waals surface area contributed by atoms with E-state index in [0.717, 1.165) is 6.07 Å². The summed E-state index contributed by atoms with van der Waals surface area (Å²) in [6.45, 7) is 1.21. The lowest BCUT2D eigenvalue weighted by molar-refractivity contribution is -0.142. The second-order valence-corrected chi connectivity index (χ2v) is 9.13. The fourth-order valence-electron chi connectivity index (χ4n) is 4.29. The second-order valence-electron chi connectivity index (χ2n) is 7.83. The Bertz CT molecular complexity index is 1170. The smallest absolute Gasteiger partial charge is 0.335 e. The largest absolute Gasteiger partial charge is 0.478 e. The fourth-order valence-corrected chi connectivity index (χ4v) is 5.15. The molecule has 1 amide bonds. The van der Waals surface area contributed by atoms with Gasteiger partial charge in [-0.3, -0.25) is 14.7 Å². The van der Waals surface area contributed by atoms with Crippen LogP contribution in [0, 0.1) is 5.82 Å². The van der Waals surface area contributed by atoms with Gasteiger partial charge in [0, 0.05) is 40.9 Å². The number of amidine groups is 1. The second kappa shape index (κ2) is 8.82. The lowest BCUT2D eigenvalue weighted by atomic mass is 9.94. The Labute approximate surface area is 196 Å². The molecule has 3 atom stereocenters. The first kappa shape index (κ1) is 22.0. The number of aliphatic carboxylic acids is 1. The minimum absolute atomic E-state index is 0.0196. The van der Waals surface area contributed by atoms with E-state index >= 15 is 0 Å². The van der Waals surface area contributed by atoms with Crippen molar-refractivity contribution in [3.63, 3.8) is 0 Å². The Hall–Kier alpha value is -2.86. The van der Waals surface area contributed by atoms with Crippen LogP contribution in [0.3, 0.4) is 0 Å². The van der Waals surface area contributed by atoms with Crippen molar-refractivity contribution in [2.45, 2.75) is 18.1 Å². The Morgan fingerprint density at radius 3 is 2.97 bits per heavy atom. The first-order valence-corrected chi connectivity index (χ1v) is 11.5. The highest BCUT2D eigenvalue weighted by atomic mass is 35.5. The number of halogens is 2. The molecule has 9 nitrogen and oxygen atoms in total. The first-order valence-electron chi connectivity index (χ1n) is 10.2. The number of ether oxygens (including phenoxy) is 1. The van der Waals surface area contributed by atoms with Crippen LogP contribution in [0.15, 0.2) is 46.0 Å². The molecule has 2 saturated heterocycles. The molecular weight excluding hydrogens is 473 g/mol. The molecule has 3 aliphatic heterocycles. The monoisotopic (exact) mass is 491 g/mol. The third kappa shape index (κ3) is 4.12. The van der Waals surface area contributed by atoms with Crippen LogP contribution in [0.1, 0.15) is 16.6 Å². The zero-order valence-electron chi connectivity index (χ0n) is 17.1. The van der Waals surface area contributed by atoms with E-state index in [1.165, 1.54) is 23.5 Å². The van der Waals surface area contributed by atoms with E-state index in [1.54, 1.807) is 11.6 Å². The molecule has 0 saturated carbocycles. The van der Waals surface area contributed by atoms with E-state index < -0.39 is 23.9 Å². The predicted octanol–water partition coefficient (Wildman–Crippen LogP) is 1.56. The molecular formula is C21H19ClFN5O4S. The van der Waals surface area contributed by atoms with Crippen LogP contribution < -0.4 is 10.6 Å². The highest BCUT2D eigenvalue weighted by molar-refractivity contribution is 7.11. The van der Waals surface area contributed by atoms with Gasteiger partial charge in [-0.15, -0.1) is 11.3 Å². The molecule has 2 bridgehead atoms. The van der Waals surface area contributed by atoms with Crippen LogP contribution in [0.25, 0.3) is 0 Å². The molecule has 4 heterocycles. The number of hydrogen-bond donors (Lipinski definition) is 3. The number of carboxylic acids is 1. The van der Waals surface area contributed by atoms with Crippen LogP contribution in [0.4, 0.5) is 4.39 Å². The van der Waals surface area contributed by atoms with Gasteiger partial charge in [0.05, 0.1) is 24.8 Å². The summed E-state index contributed by atoms with van der Waals surface area (Å²) in [5, 5.41) is 18.6. The van der Waals surface area contributed by atoms with Gasteiger partial charge in [-0.05, 0) is 12.1 Å². The topological polar surface area (TPSA) is 116 Å². The standard InChI is InChI=1S/C21H19ClFN5O4S/c22-13-5-10(23)1-2-12(13)17-16(21(30)31)14(26-18(27-17)20-24-3-4-33-20)7-28-11-6-25-19(29)15(28)9-32-8-11/h1-5,11,15,17H,6-9H2,(H,25,29)(H,26,27)(H,30,31)/t11?,15?,17-/m0/s1. The van der Waals surface area contributed by atoms with Crippen molar-refractivity contribution < 1.29 is 23.8 Å². The number of nitrogens with zero attached hydrogens (tertiary/aromatic N) is 3. The minimum Gasteiger partial charge on any atom is -0.478 e. The zero-order valence-corrected chi connectivity index (χ0v) is 18.7. The third-order valence-corrected chi connectivity index (χ3v) is 6.97. The van der Waals surface area contributed by atoms with Crippen molar-refractivity contribution in [3.05, 3.63) is 62.5 Å². The van der Waals surface area contributed by atoms with Crippen LogP contribution in [0.5, 0.6) is 0 Å². The van der Waals surface area contributed by atoms with E-state index in [-0.39, 0.29) is 35.7 Å². The lowest BCUT2D eigenvalue weighted by Gasteiger charge is -2.45. The van der Waals surface area contributed by atoms with Gasteiger partial charge in [-0.2, -0.15) is 0 Å². The number of aliphatic imine (C=N–C) groups is 1. The maximum Gasteiger partial charge on any atom is 0.335 e. The predicted molar refractivity (Wildman–Crippen MR) is 119 cm³/mol. The number of morpholine rings is 1. The van der Waals surface area contributed by atoms with E-state index in [1.807, 2.05) is 4.90 Å². The number of amides is 1. The quantitative estimate of drug-likeness (QED) is 0.581. The Morgan fingerprint density at radius 1 is 1.39 bits per heavy atom. The molecule has 1 aromatic carbocycles. The van der Waals surface area contributed by atoms with Gasteiger partial charge in [0.1, 0.15) is 17.9 Å². The summed E-state index contributed by atoms with van der Waals surface area (Å²) in [5.41, 5.74) is 0.719. The van der Waals surface area contributed by atoms with E-state index in [9.17, 15) is 19.1 Å². The van der Waals surface area contributed by atoms with Gasteiger partial charge in [0.15, 0.2) is 10.8 Å². The summed E-state index contributed by atoms with van der Waals surface area (Å²) in [7, 11) is 0. The molecule has 172 valence electrons.